The van der Waals surface area contributed by atoms with Crippen molar-refractivity contribution in [1.29, 1.82) is 0 Å². The van der Waals surface area contributed by atoms with Crippen LogP contribution in [-0.2, 0) is 18.9 Å². The number of hydrogen-bond donors (Lipinski definition) is 1. The molecule has 2 heterocycles. The molecule has 0 bridgehead atoms. The van der Waals surface area contributed by atoms with E-state index in [0.717, 1.165) is 0 Å². The zero-order chi connectivity index (χ0) is 13.8. The van der Waals surface area contributed by atoms with Crippen molar-refractivity contribution in [2.24, 2.45) is 0 Å². The third-order valence-electron chi connectivity index (χ3n) is 3.66. The van der Waals surface area contributed by atoms with E-state index in [0.29, 0.717) is 0 Å². The van der Waals surface area contributed by atoms with Gasteiger partial charge in [0.25, 0.3) is 0 Å². The van der Waals surface area contributed by atoms with Crippen LogP contribution in [0.5, 0.6) is 0 Å². The van der Waals surface area contributed by atoms with Crippen LogP contribution in [0.15, 0.2) is 0 Å². The lowest BCUT2D eigenvalue weighted by Gasteiger charge is -2.34. The molecule has 0 spiro atoms. The lowest BCUT2D eigenvalue weighted by atomic mass is 9.90. The van der Waals surface area contributed by atoms with Gasteiger partial charge in [0.15, 0.2) is 11.6 Å². The zero-order valence-corrected chi connectivity index (χ0v) is 12.0. The van der Waals surface area contributed by atoms with E-state index < -0.39 is 23.3 Å². The molecule has 0 aromatic carbocycles. The van der Waals surface area contributed by atoms with E-state index in [4.69, 9.17) is 18.9 Å². The van der Waals surface area contributed by atoms with Gasteiger partial charge in [-0.1, -0.05) is 0 Å². The number of aliphatic hydroxyl groups excluding tert-OH is 1. The molecule has 18 heavy (non-hydrogen) atoms. The Morgan fingerprint density at radius 1 is 0.944 bits per heavy atom. The summed E-state index contributed by atoms with van der Waals surface area (Å²) >= 11 is 0. The summed E-state index contributed by atoms with van der Waals surface area (Å²) in [5.74, 6) is -1.36. The highest BCUT2D eigenvalue weighted by Gasteiger charge is 2.59. The second-order valence-electron chi connectivity index (χ2n) is 6.22. The summed E-state index contributed by atoms with van der Waals surface area (Å²) in [7, 11) is 0. The highest BCUT2D eigenvalue weighted by Crippen LogP contribution is 2.44. The number of rotatable bonds is 2. The average molecular weight is 260 g/mol. The van der Waals surface area contributed by atoms with Gasteiger partial charge >= 0.3 is 0 Å². The summed E-state index contributed by atoms with van der Waals surface area (Å²) in [4.78, 5) is 0. The largest absolute Gasteiger partial charge is 0.394 e. The average Bonchev–Trinajstić information content (AvgIpc) is 2.62. The van der Waals surface area contributed by atoms with Crippen LogP contribution in [-0.4, -0.2) is 47.2 Å². The highest BCUT2D eigenvalue weighted by molar-refractivity contribution is 5.02. The van der Waals surface area contributed by atoms with E-state index in [1.54, 1.807) is 0 Å². The second kappa shape index (κ2) is 4.15. The van der Waals surface area contributed by atoms with Crippen molar-refractivity contribution < 1.29 is 24.1 Å². The van der Waals surface area contributed by atoms with Crippen LogP contribution < -0.4 is 0 Å². The predicted molar refractivity (Wildman–Crippen MR) is 65.0 cm³/mol. The van der Waals surface area contributed by atoms with E-state index in [2.05, 4.69) is 0 Å². The molecule has 1 N–H and O–H groups in total. The van der Waals surface area contributed by atoms with Crippen molar-refractivity contribution >= 4 is 0 Å². The minimum absolute atomic E-state index is 0.0970. The van der Waals surface area contributed by atoms with Crippen molar-refractivity contribution in [3.05, 3.63) is 0 Å². The monoisotopic (exact) mass is 260 g/mol. The first kappa shape index (κ1) is 14.2. The van der Waals surface area contributed by atoms with Gasteiger partial charge in [-0.15, -0.1) is 0 Å². The predicted octanol–water partition coefficient (Wildman–Crippen LogP) is 1.43. The van der Waals surface area contributed by atoms with Gasteiger partial charge in [-0.25, -0.2) is 0 Å². The smallest absolute Gasteiger partial charge is 0.164 e. The van der Waals surface area contributed by atoms with Crippen LogP contribution in [0.25, 0.3) is 0 Å². The fourth-order valence-corrected chi connectivity index (χ4v) is 2.92. The van der Waals surface area contributed by atoms with Crippen LogP contribution in [0.1, 0.15) is 41.5 Å². The maximum Gasteiger partial charge on any atom is 0.164 e. The van der Waals surface area contributed by atoms with Gasteiger partial charge < -0.3 is 24.1 Å². The molecule has 0 radical (unpaired) electrons. The molecule has 4 unspecified atom stereocenters. The molecule has 2 aliphatic rings. The summed E-state index contributed by atoms with van der Waals surface area (Å²) in [5, 5.41) is 9.46. The summed E-state index contributed by atoms with van der Waals surface area (Å²) in [6, 6.07) is 0. The Labute approximate surface area is 108 Å². The summed E-state index contributed by atoms with van der Waals surface area (Å²) in [5.41, 5.74) is -0.634. The molecule has 0 saturated carbocycles. The van der Waals surface area contributed by atoms with Crippen LogP contribution in [0.3, 0.4) is 0 Å². The minimum atomic E-state index is -0.711. The lowest BCUT2D eigenvalue weighted by Crippen LogP contribution is -2.52. The van der Waals surface area contributed by atoms with Crippen LogP contribution in [0.2, 0.25) is 0 Å². The summed E-state index contributed by atoms with van der Waals surface area (Å²) in [6.07, 6.45) is -0.886. The fraction of sp³-hybridized carbons (Fsp3) is 1.00. The van der Waals surface area contributed by atoms with Crippen molar-refractivity contribution in [1.82, 2.24) is 0 Å². The Hall–Kier alpha value is -0.200. The first-order valence-electron chi connectivity index (χ1n) is 6.44. The Morgan fingerprint density at radius 2 is 1.56 bits per heavy atom. The van der Waals surface area contributed by atoms with Crippen LogP contribution >= 0.6 is 0 Å². The van der Waals surface area contributed by atoms with Gasteiger partial charge in [0.1, 0.15) is 17.8 Å². The number of hydrogen-bond acceptors (Lipinski definition) is 5. The molecule has 2 aliphatic heterocycles. The molecule has 5 heteroatoms. The first-order chi connectivity index (χ1) is 8.10. The standard InChI is InChI=1S/C13H24O5/c1-8-13(6,18-12(4,5)15-8)10-9(7-14)16-11(2,3)17-10/h8-10,14H,7H2,1-6H3. The molecule has 2 saturated heterocycles. The third-order valence-corrected chi connectivity index (χ3v) is 3.66. The Bertz CT molecular complexity index is 327. The molecule has 5 nitrogen and oxygen atoms in total. The normalized spacial score (nSPS) is 46.5. The molecule has 106 valence electrons. The van der Waals surface area contributed by atoms with E-state index in [9.17, 15) is 5.11 Å². The van der Waals surface area contributed by atoms with Gasteiger partial charge in [-0.3, -0.25) is 0 Å². The maximum absolute atomic E-state index is 9.46. The van der Waals surface area contributed by atoms with Crippen molar-refractivity contribution in [2.45, 2.75) is 77.0 Å². The van der Waals surface area contributed by atoms with Gasteiger partial charge in [0.05, 0.1) is 12.7 Å². The second-order valence-corrected chi connectivity index (χ2v) is 6.22. The SMILES string of the molecule is CC1OC(C)(C)OC1(C)C1OC(C)(C)OC1CO. The van der Waals surface area contributed by atoms with Gasteiger partial charge in [-0.2, -0.15) is 0 Å². The molecule has 4 atom stereocenters. The minimum Gasteiger partial charge on any atom is -0.394 e. The topological polar surface area (TPSA) is 57.2 Å². The molecule has 0 aliphatic carbocycles. The quantitative estimate of drug-likeness (QED) is 0.814. The molecule has 0 amide bonds. The number of ether oxygens (including phenoxy) is 4. The lowest BCUT2D eigenvalue weighted by molar-refractivity contribution is -0.200. The van der Waals surface area contributed by atoms with E-state index in [1.165, 1.54) is 0 Å². The molecule has 0 aromatic heterocycles. The summed E-state index contributed by atoms with van der Waals surface area (Å²) in [6.45, 7) is 11.2. The number of aliphatic hydroxyl groups is 1. The van der Waals surface area contributed by atoms with E-state index in [1.807, 2.05) is 41.5 Å². The van der Waals surface area contributed by atoms with Crippen molar-refractivity contribution in [2.75, 3.05) is 6.61 Å². The molecular formula is C13H24O5. The first-order valence-corrected chi connectivity index (χ1v) is 6.44. The van der Waals surface area contributed by atoms with Gasteiger partial charge in [-0.05, 0) is 41.5 Å². The summed E-state index contributed by atoms with van der Waals surface area (Å²) < 4.78 is 23.4. The zero-order valence-electron chi connectivity index (χ0n) is 12.0. The van der Waals surface area contributed by atoms with Gasteiger partial charge in [0.2, 0.25) is 0 Å². The Morgan fingerprint density at radius 3 is 2.00 bits per heavy atom. The van der Waals surface area contributed by atoms with Crippen molar-refractivity contribution in [3.8, 4) is 0 Å². The molecule has 0 aromatic rings. The molecule has 2 fully saturated rings. The highest BCUT2D eigenvalue weighted by atomic mass is 16.8. The maximum atomic E-state index is 9.46. The third kappa shape index (κ3) is 2.30. The van der Waals surface area contributed by atoms with Crippen molar-refractivity contribution in [3.63, 3.8) is 0 Å². The Kier molecular flexibility index (Phi) is 3.28. The van der Waals surface area contributed by atoms with E-state index in [-0.39, 0.29) is 18.8 Å². The van der Waals surface area contributed by atoms with Gasteiger partial charge in [0, 0.05) is 0 Å². The fourth-order valence-electron chi connectivity index (χ4n) is 2.92. The van der Waals surface area contributed by atoms with Crippen LogP contribution in [0.4, 0.5) is 0 Å². The van der Waals surface area contributed by atoms with Crippen LogP contribution in [0, 0.1) is 0 Å². The Balaban J connectivity index is 2.25. The molecule has 2 rings (SSSR count). The molecular weight excluding hydrogens is 236 g/mol. The van der Waals surface area contributed by atoms with E-state index >= 15 is 0 Å².